The molecular formula is C20H21BrN2O3. The van der Waals surface area contributed by atoms with Crippen LogP contribution in [0.4, 0.5) is 0 Å². The quantitative estimate of drug-likeness (QED) is 0.763. The van der Waals surface area contributed by atoms with Gasteiger partial charge in [0, 0.05) is 10.0 Å². The van der Waals surface area contributed by atoms with E-state index in [1.54, 1.807) is 13.0 Å². The molecule has 26 heavy (non-hydrogen) atoms. The highest BCUT2D eigenvalue weighted by atomic mass is 79.9. The number of aromatic nitrogens is 1. The van der Waals surface area contributed by atoms with Crippen LogP contribution in [0.5, 0.6) is 0 Å². The predicted octanol–water partition coefficient (Wildman–Crippen LogP) is 4.04. The molecule has 1 amide bonds. The summed E-state index contributed by atoms with van der Waals surface area (Å²) in [6.07, 6.45) is 3.00. The zero-order valence-electron chi connectivity index (χ0n) is 14.8. The number of hydrogen-bond acceptors (Lipinski definition) is 4. The molecule has 0 unspecified atom stereocenters. The third kappa shape index (κ3) is 3.65. The van der Waals surface area contributed by atoms with Gasteiger partial charge in [0.2, 0.25) is 0 Å². The Labute approximate surface area is 161 Å². The number of pyridine rings is 1. The van der Waals surface area contributed by atoms with E-state index in [0.717, 1.165) is 28.6 Å². The van der Waals surface area contributed by atoms with E-state index in [0.29, 0.717) is 24.1 Å². The van der Waals surface area contributed by atoms with Gasteiger partial charge in [0.15, 0.2) is 0 Å². The van der Waals surface area contributed by atoms with Crippen LogP contribution in [0.2, 0.25) is 0 Å². The number of hydrogen-bond donors (Lipinski definition) is 1. The summed E-state index contributed by atoms with van der Waals surface area (Å²) in [4.78, 5) is 29.6. The van der Waals surface area contributed by atoms with Gasteiger partial charge in [0.25, 0.3) is 5.91 Å². The minimum absolute atomic E-state index is 0.289. The lowest BCUT2D eigenvalue weighted by Crippen LogP contribution is -2.53. The Hall–Kier alpha value is -2.21. The molecule has 6 heteroatoms. The van der Waals surface area contributed by atoms with Crippen LogP contribution in [0.1, 0.15) is 41.7 Å². The average molecular weight is 417 g/mol. The summed E-state index contributed by atoms with van der Waals surface area (Å²) in [5.41, 5.74) is 1.94. The second kappa shape index (κ2) is 7.58. The standard InChI is InChI=1S/C20H21BrN2O3/c1-13-16(8-9-17(22-13)14-6-5-7-15(21)12-14)18(24)23-20(19(25)26-2)10-3-4-11-20/h5-9,12H,3-4,10-11H2,1-2H3,(H,23,24). The van der Waals surface area contributed by atoms with Crippen LogP contribution in [-0.2, 0) is 9.53 Å². The summed E-state index contributed by atoms with van der Waals surface area (Å²) in [6.45, 7) is 1.80. The highest BCUT2D eigenvalue weighted by Crippen LogP contribution is 2.31. The number of aryl methyl sites for hydroxylation is 1. The fraction of sp³-hybridized carbons (Fsp3) is 0.350. The molecule has 3 rings (SSSR count). The maximum atomic E-state index is 12.8. The minimum Gasteiger partial charge on any atom is -0.467 e. The molecule has 0 radical (unpaired) electrons. The molecule has 1 aromatic heterocycles. The van der Waals surface area contributed by atoms with Gasteiger partial charge in [-0.1, -0.05) is 40.9 Å². The number of rotatable bonds is 4. The second-order valence-corrected chi connectivity index (χ2v) is 7.49. The highest BCUT2D eigenvalue weighted by Gasteiger charge is 2.43. The summed E-state index contributed by atoms with van der Waals surface area (Å²) in [5.74, 6) is -0.664. The molecule has 1 N–H and O–H groups in total. The minimum atomic E-state index is -0.915. The molecule has 0 atom stereocenters. The van der Waals surface area contributed by atoms with Gasteiger partial charge in [-0.2, -0.15) is 0 Å². The number of halogens is 1. The van der Waals surface area contributed by atoms with Gasteiger partial charge in [-0.3, -0.25) is 9.78 Å². The molecule has 0 aliphatic heterocycles. The van der Waals surface area contributed by atoms with E-state index in [1.807, 2.05) is 30.3 Å². The van der Waals surface area contributed by atoms with Gasteiger partial charge in [-0.05, 0) is 44.0 Å². The predicted molar refractivity (Wildman–Crippen MR) is 103 cm³/mol. The van der Waals surface area contributed by atoms with Gasteiger partial charge in [-0.15, -0.1) is 0 Å². The molecule has 1 aliphatic rings. The molecule has 1 aliphatic carbocycles. The van der Waals surface area contributed by atoms with Gasteiger partial charge >= 0.3 is 5.97 Å². The van der Waals surface area contributed by atoms with Crippen molar-refractivity contribution in [2.24, 2.45) is 0 Å². The summed E-state index contributed by atoms with van der Waals surface area (Å²) in [6, 6.07) is 11.4. The molecule has 136 valence electrons. The Morgan fingerprint density at radius 3 is 2.54 bits per heavy atom. The first kappa shape index (κ1) is 18.6. The number of carbonyl (C=O) groups excluding carboxylic acids is 2. The zero-order valence-corrected chi connectivity index (χ0v) is 16.4. The van der Waals surface area contributed by atoms with Crippen molar-refractivity contribution >= 4 is 27.8 Å². The van der Waals surface area contributed by atoms with Crippen LogP contribution in [0.15, 0.2) is 40.9 Å². The highest BCUT2D eigenvalue weighted by molar-refractivity contribution is 9.10. The molecule has 0 bridgehead atoms. The van der Waals surface area contributed by atoms with Gasteiger partial charge < -0.3 is 10.1 Å². The molecule has 5 nitrogen and oxygen atoms in total. The van der Waals surface area contributed by atoms with Crippen molar-refractivity contribution in [2.45, 2.75) is 38.1 Å². The van der Waals surface area contributed by atoms with E-state index < -0.39 is 5.54 Å². The average Bonchev–Trinajstić information content (AvgIpc) is 3.10. The topological polar surface area (TPSA) is 68.3 Å². The van der Waals surface area contributed by atoms with Gasteiger partial charge in [-0.25, -0.2) is 4.79 Å². The number of nitrogens with one attached hydrogen (secondary N) is 1. The van der Waals surface area contributed by atoms with E-state index in [2.05, 4.69) is 26.2 Å². The molecule has 1 heterocycles. The van der Waals surface area contributed by atoms with E-state index in [-0.39, 0.29) is 11.9 Å². The van der Waals surface area contributed by atoms with E-state index in [4.69, 9.17) is 4.74 Å². The van der Waals surface area contributed by atoms with Crippen LogP contribution in [0.3, 0.4) is 0 Å². The fourth-order valence-corrected chi connectivity index (χ4v) is 3.85. The summed E-state index contributed by atoms with van der Waals surface area (Å²) >= 11 is 3.46. The van der Waals surface area contributed by atoms with Crippen LogP contribution >= 0.6 is 15.9 Å². The zero-order chi connectivity index (χ0) is 18.7. The third-order valence-electron chi connectivity index (χ3n) is 4.84. The SMILES string of the molecule is COC(=O)C1(NC(=O)c2ccc(-c3cccc(Br)c3)nc2C)CCCC1. The Morgan fingerprint density at radius 1 is 1.19 bits per heavy atom. The Kier molecular flexibility index (Phi) is 5.41. The second-order valence-electron chi connectivity index (χ2n) is 6.57. The first-order valence-corrected chi connectivity index (χ1v) is 9.39. The smallest absolute Gasteiger partial charge is 0.331 e. The molecule has 0 spiro atoms. The van der Waals surface area contributed by atoms with E-state index >= 15 is 0 Å². The van der Waals surface area contributed by atoms with Crippen LogP contribution in [0, 0.1) is 6.92 Å². The van der Waals surface area contributed by atoms with Crippen molar-refractivity contribution in [3.05, 3.63) is 52.1 Å². The van der Waals surface area contributed by atoms with Crippen molar-refractivity contribution in [3.8, 4) is 11.3 Å². The lowest BCUT2D eigenvalue weighted by molar-refractivity contribution is -0.148. The normalized spacial score (nSPS) is 15.5. The number of esters is 1. The van der Waals surface area contributed by atoms with Crippen LogP contribution in [0.25, 0.3) is 11.3 Å². The maximum absolute atomic E-state index is 12.8. The summed E-state index contributed by atoms with van der Waals surface area (Å²) in [5, 5.41) is 2.91. The number of methoxy groups -OCH3 is 1. The third-order valence-corrected chi connectivity index (χ3v) is 5.33. The molecular weight excluding hydrogens is 396 g/mol. The van der Waals surface area contributed by atoms with Crippen LogP contribution in [-0.4, -0.2) is 29.5 Å². The van der Waals surface area contributed by atoms with Gasteiger partial charge in [0.1, 0.15) is 5.54 Å². The lowest BCUT2D eigenvalue weighted by Gasteiger charge is -2.27. The molecule has 1 fully saturated rings. The number of ether oxygens (including phenoxy) is 1. The molecule has 1 saturated carbocycles. The Balaban J connectivity index is 1.85. The monoisotopic (exact) mass is 416 g/mol. The number of amides is 1. The fourth-order valence-electron chi connectivity index (χ4n) is 3.45. The Morgan fingerprint density at radius 2 is 1.92 bits per heavy atom. The first-order valence-electron chi connectivity index (χ1n) is 8.60. The largest absolute Gasteiger partial charge is 0.467 e. The number of benzene rings is 1. The number of carbonyl (C=O) groups is 2. The lowest BCUT2D eigenvalue weighted by atomic mass is 9.96. The summed E-state index contributed by atoms with van der Waals surface area (Å²) in [7, 11) is 1.36. The van der Waals surface area contributed by atoms with E-state index in [9.17, 15) is 9.59 Å². The summed E-state index contributed by atoms with van der Waals surface area (Å²) < 4.78 is 5.89. The van der Waals surface area contributed by atoms with Crippen LogP contribution < -0.4 is 5.32 Å². The Bertz CT molecular complexity index is 845. The number of nitrogens with zero attached hydrogens (tertiary/aromatic N) is 1. The van der Waals surface area contributed by atoms with Crippen molar-refractivity contribution < 1.29 is 14.3 Å². The van der Waals surface area contributed by atoms with Crippen molar-refractivity contribution in [1.29, 1.82) is 0 Å². The van der Waals surface area contributed by atoms with Gasteiger partial charge in [0.05, 0.1) is 24.1 Å². The van der Waals surface area contributed by atoms with Crippen molar-refractivity contribution in [1.82, 2.24) is 10.3 Å². The first-order chi connectivity index (χ1) is 12.4. The maximum Gasteiger partial charge on any atom is 0.331 e. The molecule has 2 aromatic rings. The molecule has 0 saturated heterocycles. The van der Waals surface area contributed by atoms with Crippen molar-refractivity contribution in [3.63, 3.8) is 0 Å². The van der Waals surface area contributed by atoms with Crippen molar-refractivity contribution in [2.75, 3.05) is 7.11 Å². The van der Waals surface area contributed by atoms with E-state index in [1.165, 1.54) is 7.11 Å². The molecule has 1 aromatic carbocycles.